The highest BCUT2D eigenvalue weighted by atomic mass is 32.2. The van der Waals surface area contributed by atoms with Gasteiger partial charge in [-0.05, 0) is 23.3 Å². The van der Waals surface area contributed by atoms with Crippen molar-refractivity contribution in [2.75, 3.05) is 0 Å². The van der Waals surface area contributed by atoms with E-state index in [-0.39, 0.29) is 0 Å². The van der Waals surface area contributed by atoms with E-state index in [0.29, 0.717) is 5.75 Å². The van der Waals surface area contributed by atoms with Crippen LogP contribution in [-0.2, 0) is 11.4 Å². The highest BCUT2D eigenvalue weighted by Gasteiger charge is 2.00. The molecule has 0 heterocycles. The summed E-state index contributed by atoms with van der Waals surface area (Å²) in [5.74, 6) is 0.375. The standard InChI is InChI=1S/C12H10O3S/c13-16(14)15-12-8-6-11(7-9-12)10-4-2-1-3-5-10/h1-9H,(H,13,14). The topological polar surface area (TPSA) is 46.5 Å². The second-order valence-electron chi connectivity index (χ2n) is 3.19. The summed E-state index contributed by atoms with van der Waals surface area (Å²) >= 11 is -2.27. The van der Waals surface area contributed by atoms with Crippen molar-refractivity contribution in [3.8, 4) is 16.9 Å². The molecular weight excluding hydrogens is 224 g/mol. The zero-order chi connectivity index (χ0) is 11.4. The SMILES string of the molecule is O=S(O)Oc1ccc(-c2ccccc2)cc1. The molecule has 0 aliphatic heterocycles. The van der Waals surface area contributed by atoms with Gasteiger partial charge in [0.25, 0.3) is 0 Å². The van der Waals surface area contributed by atoms with Crippen LogP contribution < -0.4 is 4.18 Å². The molecule has 1 unspecified atom stereocenters. The third-order valence-corrected chi connectivity index (χ3v) is 2.46. The maximum atomic E-state index is 10.4. The Hall–Kier alpha value is -1.65. The Morgan fingerprint density at radius 1 is 0.875 bits per heavy atom. The van der Waals surface area contributed by atoms with Gasteiger partial charge < -0.3 is 4.18 Å². The van der Waals surface area contributed by atoms with Crippen molar-refractivity contribution in [3.05, 3.63) is 54.6 Å². The fraction of sp³-hybridized carbons (Fsp3) is 0. The fourth-order valence-corrected chi connectivity index (χ4v) is 1.69. The summed E-state index contributed by atoms with van der Waals surface area (Å²) < 4.78 is 23.6. The van der Waals surface area contributed by atoms with Crippen molar-refractivity contribution >= 4 is 11.4 Å². The first-order valence-electron chi connectivity index (χ1n) is 4.70. The highest BCUT2D eigenvalue weighted by Crippen LogP contribution is 2.22. The Morgan fingerprint density at radius 2 is 1.44 bits per heavy atom. The molecule has 0 aromatic heterocycles. The molecule has 1 N–H and O–H groups in total. The predicted molar refractivity (Wildman–Crippen MR) is 63.3 cm³/mol. The van der Waals surface area contributed by atoms with E-state index >= 15 is 0 Å². The van der Waals surface area contributed by atoms with E-state index in [1.165, 1.54) is 0 Å². The van der Waals surface area contributed by atoms with Crippen LogP contribution in [0.15, 0.2) is 54.6 Å². The van der Waals surface area contributed by atoms with Crippen LogP contribution in [0.5, 0.6) is 5.75 Å². The average molecular weight is 234 g/mol. The van der Waals surface area contributed by atoms with Gasteiger partial charge in [-0.1, -0.05) is 42.5 Å². The smallest absolute Gasteiger partial charge is 0.357 e. The Balaban J connectivity index is 2.23. The molecule has 3 nitrogen and oxygen atoms in total. The molecular formula is C12H10O3S. The molecule has 0 fully saturated rings. The first-order chi connectivity index (χ1) is 7.75. The van der Waals surface area contributed by atoms with Crippen LogP contribution >= 0.6 is 0 Å². The summed E-state index contributed by atoms with van der Waals surface area (Å²) in [5.41, 5.74) is 2.14. The van der Waals surface area contributed by atoms with Crippen LogP contribution in [-0.4, -0.2) is 8.76 Å². The lowest BCUT2D eigenvalue weighted by Crippen LogP contribution is -1.96. The molecule has 4 heteroatoms. The van der Waals surface area contributed by atoms with Gasteiger partial charge in [0.2, 0.25) is 0 Å². The number of benzene rings is 2. The molecule has 0 aliphatic carbocycles. The van der Waals surface area contributed by atoms with Crippen molar-refractivity contribution in [3.63, 3.8) is 0 Å². The minimum atomic E-state index is -2.27. The molecule has 2 aromatic rings. The van der Waals surface area contributed by atoms with Gasteiger partial charge in [0.1, 0.15) is 5.75 Å². The van der Waals surface area contributed by atoms with Gasteiger partial charge in [-0.25, -0.2) is 0 Å². The Morgan fingerprint density at radius 3 is 2.00 bits per heavy atom. The summed E-state index contributed by atoms with van der Waals surface area (Å²) in [6, 6.07) is 16.9. The molecule has 0 bridgehead atoms. The molecule has 82 valence electrons. The molecule has 0 saturated carbocycles. The van der Waals surface area contributed by atoms with Crippen LogP contribution in [0.1, 0.15) is 0 Å². The summed E-state index contributed by atoms with van der Waals surface area (Å²) in [4.78, 5) is 0. The quantitative estimate of drug-likeness (QED) is 0.831. The van der Waals surface area contributed by atoms with Gasteiger partial charge in [0, 0.05) is 0 Å². The van der Waals surface area contributed by atoms with Crippen LogP contribution in [0.2, 0.25) is 0 Å². The number of hydrogen-bond donors (Lipinski definition) is 1. The number of hydrogen-bond acceptors (Lipinski definition) is 2. The monoisotopic (exact) mass is 234 g/mol. The van der Waals surface area contributed by atoms with E-state index in [2.05, 4.69) is 4.18 Å². The largest absolute Gasteiger partial charge is 0.380 e. The van der Waals surface area contributed by atoms with E-state index in [1.54, 1.807) is 12.1 Å². The van der Waals surface area contributed by atoms with Gasteiger partial charge in [0.15, 0.2) is 0 Å². The van der Waals surface area contributed by atoms with E-state index in [9.17, 15) is 4.21 Å². The van der Waals surface area contributed by atoms with E-state index < -0.39 is 11.4 Å². The molecule has 0 spiro atoms. The van der Waals surface area contributed by atoms with E-state index in [4.69, 9.17) is 4.55 Å². The van der Waals surface area contributed by atoms with Gasteiger partial charge in [0.05, 0.1) is 0 Å². The van der Waals surface area contributed by atoms with Crippen molar-refractivity contribution < 1.29 is 12.9 Å². The van der Waals surface area contributed by atoms with Crippen LogP contribution in [0.25, 0.3) is 11.1 Å². The van der Waals surface area contributed by atoms with Crippen molar-refractivity contribution in [1.82, 2.24) is 0 Å². The van der Waals surface area contributed by atoms with Crippen LogP contribution in [0.3, 0.4) is 0 Å². The zero-order valence-corrected chi connectivity index (χ0v) is 9.18. The highest BCUT2D eigenvalue weighted by molar-refractivity contribution is 7.74. The molecule has 0 radical (unpaired) electrons. The minimum Gasteiger partial charge on any atom is -0.380 e. The van der Waals surface area contributed by atoms with Crippen molar-refractivity contribution in [2.24, 2.45) is 0 Å². The normalized spacial score (nSPS) is 12.1. The molecule has 1 atom stereocenters. The molecule has 0 amide bonds. The van der Waals surface area contributed by atoms with Gasteiger partial charge in [-0.3, -0.25) is 4.55 Å². The maximum Gasteiger partial charge on any atom is 0.357 e. The zero-order valence-electron chi connectivity index (χ0n) is 8.37. The van der Waals surface area contributed by atoms with E-state index in [0.717, 1.165) is 11.1 Å². The van der Waals surface area contributed by atoms with Gasteiger partial charge in [-0.15, -0.1) is 0 Å². The molecule has 16 heavy (non-hydrogen) atoms. The molecule has 0 saturated heterocycles. The third kappa shape index (κ3) is 2.68. The van der Waals surface area contributed by atoms with Crippen molar-refractivity contribution in [2.45, 2.75) is 0 Å². The average Bonchev–Trinajstić information content (AvgIpc) is 2.30. The minimum absolute atomic E-state index is 0.375. The Labute approximate surface area is 96.2 Å². The predicted octanol–water partition coefficient (Wildman–Crippen LogP) is 2.87. The van der Waals surface area contributed by atoms with Gasteiger partial charge >= 0.3 is 11.4 Å². The lowest BCUT2D eigenvalue weighted by atomic mass is 10.1. The molecule has 0 aliphatic rings. The molecule has 2 aromatic carbocycles. The molecule has 2 rings (SSSR count). The maximum absolute atomic E-state index is 10.4. The second-order valence-corrected chi connectivity index (χ2v) is 3.79. The van der Waals surface area contributed by atoms with Crippen LogP contribution in [0, 0.1) is 0 Å². The van der Waals surface area contributed by atoms with E-state index in [1.807, 2.05) is 42.5 Å². The summed E-state index contributed by atoms with van der Waals surface area (Å²) in [6.07, 6.45) is 0. The van der Waals surface area contributed by atoms with Crippen LogP contribution in [0.4, 0.5) is 0 Å². The third-order valence-electron chi connectivity index (χ3n) is 2.13. The first kappa shape index (κ1) is 10.9. The van der Waals surface area contributed by atoms with Gasteiger partial charge in [-0.2, -0.15) is 4.21 Å². The van der Waals surface area contributed by atoms with Crippen molar-refractivity contribution in [1.29, 1.82) is 0 Å². The summed E-state index contributed by atoms with van der Waals surface area (Å²) in [7, 11) is 0. The summed E-state index contributed by atoms with van der Waals surface area (Å²) in [6.45, 7) is 0. The lowest BCUT2D eigenvalue weighted by Gasteiger charge is -2.03. The second kappa shape index (κ2) is 4.92. The lowest BCUT2D eigenvalue weighted by molar-refractivity contribution is 0.458. The number of rotatable bonds is 3. The first-order valence-corrected chi connectivity index (χ1v) is 5.73. The summed E-state index contributed by atoms with van der Waals surface area (Å²) in [5, 5.41) is 0. The fourth-order valence-electron chi connectivity index (χ4n) is 1.42. The Kier molecular flexibility index (Phi) is 3.34. The Bertz CT molecular complexity index is 479.